The molecule has 0 aliphatic rings. The van der Waals surface area contributed by atoms with E-state index in [-0.39, 0.29) is 0 Å². The van der Waals surface area contributed by atoms with Crippen molar-refractivity contribution in [1.29, 1.82) is 0 Å². The van der Waals surface area contributed by atoms with Gasteiger partial charge in [0.1, 0.15) is 5.01 Å². The smallest absolute Gasteiger partial charge is 0.103 e. The largest absolute Gasteiger partial charge is 0.309 e. The first kappa shape index (κ1) is 16.0. The van der Waals surface area contributed by atoms with Gasteiger partial charge < -0.3 is 5.32 Å². The fraction of sp³-hybridized carbons (Fsp3) is 0.786. The van der Waals surface area contributed by atoms with Gasteiger partial charge in [-0.1, -0.05) is 27.7 Å². The predicted molar refractivity (Wildman–Crippen MR) is 84.6 cm³/mol. The molecule has 18 heavy (non-hydrogen) atoms. The van der Waals surface area contributed by atoms with Gasteiger partial charge in [0.2, 0.25) is 0 Å². The molecule has 0 aromatic carbocycles. The highest BCUT2D eigenvalue weighted by Crippen LogP contribution is 2.31. The molecule has 0 saturated heterocycles. The zero-order valence-corrected chi connectivity index (χ0v) is 14.1. The normalized spacial score (nSPS) is 13.9. The molecule has 0 amide bonds. The van der Waals surface area contributed by atoms with Crippen molar-refractivity contribution in [2.75, 3.05) is 6.54 Å². The Morgan fingerprint density at radius 2 is 2.06 bits per heavy atom. The van der Waals surface area contributed by atoms with E-state index in [0.717, 1.165) is 12.3 Å². The molecule has 0 aliphatic heterocycles. The number of hydrogen-bond donors (Lipinski definition) is 1. The van der Waals surface area contributed by atoms with Gasteiger partial charge in [0, 0.05) is 21.4 Å². The maximum absolute atomic E-state index is 4.70. The summed E-state index contributed by atoms with van der Waals surface area (Å²) in [6, 6.07) is 0.427. The molecule has 1 rings (SSSR count). The van der Waals surface area contributed by atoms with Gasteiger partial charge in [-0.15, -0.1) is 23.1 Å². The lowest BCUT2D eigenvalue weighted by Gasteiger charge is -2.16. The number of nitrogens with zero attached hydrogens (tertiary/aromatic N) is 1. The van der Waals surface area contributed by atoms with Crippen LogP contribution in [-0.2, 0) is 5.75 Å². The molecule has 1 heterocycles. The predicted octanol–water partition coefficient (Wildman–Crippen LogP) is 4.54. The number of thiazole rings is 1. The molecule has 4 heteroatoms. The van der Waals surface area contributed by atoms with Gasteiger partial charge in [-0.3, -0.25) is 0 Å². The van der Waals surface area contributed by atoms with Crippen LogP contribution < -0.4 is 5.32 Å². The first-order chi connectivity index (χ1) is 8.33. The van der Waals surface area contributed by atoms with Crippen LogP contribution in [0.4, 0.5) is 0 Å². The third kappa shape index (κ3) is 5.29. The molecular formula is C14H26N2S2. The van der Waals surface area contributed by atoms with Crippen molar-refractivity contribution in [2.24, 2.45) is 0 Å². The second-order valence-corrected chi connectivity index (χ2v) is 8.55. The van der Waals surface area contributed by atoms with E-state index >= 15 is 0 Å². The fourth-order valence-corrected chi connectivity index (χ4v) is 3.58. The summed E-state index contributed by atoms with van der Waals surface area (Å²) in [4.78, 5) is 6.10. The molecule has 0 bridgehead atoms. The fourth-order valence-electron chi connectivity index (χ4n) is 1.66. The summed E-state index contributed by atoms with van der Waals surface area (Å²) in [5.74, 6) is 1.02. The third-order valence-electron chi connectivity index (χ3n) is 2.60. The maximum atomic E-state index is 4.70. The molecule has 2 nitrogen and oxygen atoms in total. The minimum absolute atomic E-state index is 0.311. The van der Waals surface area contributed by atoms with Gasteiger partial charge in [0.05, 0.1) is 5.69 Å². The molecule has 1 unspecified atom stereocenters. The van der Waals surface area contributed by atoms with E-state index in [1.165, 1.54) is 22.0 Å². The summed E-state index contributed by atoms with van der Waals surface area (Å²) >= 11 is 3.83. The Kier molecular flexibility index (Phi) is 6.15. The molecule has 0 saturated carbocycles. The molecular weight excluding hydrogens is 260 g/mol. The van der Waals surface area contributed by atoms with Gasteiger partial charge in [-0.2, -0.15) is 0 Å². The van der Waals surface area contributed by atoms with Crippen molar-refractivity contribution in [1.82, 2.24) is 10.3 Å². The topological polar surface area (TPSA) is 24.9 Å². The minimum Gasteiger partial charge on any atom is -0.309 e. The number of thioether (sulfide) groups is 1. The van der Waals surface area contributed by atoms with Crippen LogP contribution in [0.2, 0.25) is 0 Å². The molecule has 1 atom stereocenters. The zero-order valence-electron chi connectivity index (χ0n) is 12.5. The van der Waals surface area contributed by atoms with Crippen LogP contribution in [0.15, 0.2) is 0 Å². The van der Waals surface area contributed by atoms with Crippen LogP contribution in [-0.4, -0.2) is 16.3 Å². The minimum atomic E-state index is 0.311. The van der Waals surface area contributed by atoms with Crippen LogP contribution in [0.3, 0.4) is 0 Å². The van der Waals surface area contributed by atoms with E-state index in [2.05, 4.69) is 46.9 Å². The monoisotopic (exact) mass is 286 g/mol. The van der Waals surface area contributed by atoms with E-state index in [0.29, 0.717) is 10.8 Å². The van der Waals surface area contributed by atoms with Gasteiger partial charge in [0.15, 0.2) is 0 Å². The Hall–Kier alpha value is -0.0600. The highest BCUT2D eigenvalue weighted by atomic mass is 32.2. The number of hydrogen-bond acceptors (Lipinski definition) is 4. The quantitative estimate of drug-likeness (QED) is 0.831. The lowest BCUT2D eigenvalue weighted by molar-refractivity contribution is 0.575. The standard InChI is InChI=1S/C14H26N2S2/c1-7-8-15-10(2)13-11(3)16-12(18-13)9-17-14(4,5)6/h10,15H,7-9H2,1-6H3. The third-order valence-corrected chi connectivity index (χ3v) is 5.41. The Morgan fingerprint density at radius 1 is 1.39 bits per heavy atom. The molecule has 0 spiro atoms. The Labute approximate surface area is 120 Å². The second-order valence-electron chi connectivity index (χ2n) is 5.63. The molecule has 1 aromatic rings. The lowest BCUT2D eigenvalue weighted by Crippen LogP contribution is -2.18. The number of nitrogens with one attached hydrogen (secondary N) is 1. The van der Waals surface area contributed by atoms with Crippen LogP contribution >= 0.6 is 23.1 Å². The van der Waals surface area contributed by atoms with Gasteiger partial charge in [-0.05, 0) is 26.8 Å². The summed E-state index contributed by atoms with van der Waals surface area (Å²) in [5.41, 5.74) is 1.20. The second kappa shape index (κ2) is 6.92. The summed E-state index contributed by atoms with van der Waals surface area (Å²) in [7, 11) is 0. The van der Waals surface area contributed by atoms with E-state index < -0.39 is 0 Å². The Morgan fingerprint density at radius 3 is 2.61 bits per heavy atom. The molecule has 104 valence electrons. The average molecular weight is 287 g/mol. The highest BCUT2D eigenvalue weighted by Gasteiger charge is 2.16. The van der Waals surface area contributed by atoms with Crippen molar-refractivity contribution in [3.63, 3.8) is 0 Å². The molecule has 0 aliphatic carbocycles. The lowest BCUT2D eigenvalue weighted by atomic mass is 10.2. The number of aromatic nitrogens is 1. The van der Waals surface area contributed by atoms with Crippen LogP contribution in [0.1, 0.15) is 62.7 Å². The van der Waals surface area contributed by atoms with Gasteiger partial charge in [-0.25, -0.2) is 4.98 Å². The van der Waals surface area contributed by atoms with Crippen molar-refractivity contribution in [3.8, 4) is 0 Å². The van der Waals surface area contributed by atoms with Crippen molar-refractivity contribution in [2.45, 2.75) is 64.5 Å². The molecule has 1 N–H and O–H groups in total. The van der Waals surface area contributed by atoms with Crippen LogP contribution in [0.5, 0.6) is 0 Å². The number of aryl methyl sites for hydroxylation is 1. The Balaban J connectivity index is 2.63. The highest BCUT2D eigenvalue weighted by molar-refractivity contribution is 7.99. The van der Waals surface area contributed by atoms with E-state index in [1.54, 1.807) is 0 Å². The van der Waals surface area contributed by atoms with Gasteiger partial charge >= 0.3 is 0 Å². The van der Waals surface area contributed by atoms with E-state index in [9.17, 15) is 0 Å². The summed E-state index contributed by atoms with van der Waals surface area (Å²) in [6.45, 7) is 14.4. The summed E-state index contributed by atoms with van der Waals surface area (Å²) in [5, 5.41) is 4.80. The zero-order chi connectivity index (χ0) is 13.8. The first-order valence-corrected chi connectivity index (χ1v) is 8.47. The van der Waals surface area contributed by atoms with Gasteiger partial charge in [0.25, 0.3) is 0 Å². The van der Waals surface area contributed by atoms with Crippen molar-refractivity contribution < 1.29 is 0 Å². The van der Waals surface area contributed by atoms with Crippen LogP contribution in [0, 0.1) is 6.92 Å². The summed E-state index contributed by atoms with van der Waals surface area (Å²) < 4.78 is 0.311. The SMILES string of the molecule is CCCNC(C)c1sc(CSC(C)(C)C)nc1C. The van der Waals surface area contributed by atoms with Crippen molar-refractivity contribution >= 4 is 23.1 Å². The summed E-state index contributed by atoms with van der Waals surface area (Å²) in [6.07, 6.45) is 1.18. The van der Waals surface area contributed by atoms with E-state index in [4.69, 9.17) is 4.98 Å². The molecule has 1 aromatic heterocycles. The Bertz CT molecular complexity index is 366. The molecule has 0 fully saturated rings. The van der Waals surface area contributed by atoms with Crippen molar-refractivity contribution in [3.05, 3.63) is 15.6 Å². The average Bonchev–Trinajstić information content (AvgIpc) is 2.64. The van der Waals surface area contributed by atoms with Crippen LogP contribution in [0.25, 0.3) is 0 Å². The first-order valence-electron chi connectivity index (χ1n) is 6.67. The van der Waals surface area contributed by atoms with E-state index in [1.807, 2.05) is 23.1 Å². The number of rotatable bonds is 6. The molecule has 0 radical (unpaired) electrons. The maximum Gasteiger partial charge on any atom is 0.103 e.